The van der Waals surface area contributed by atoms with E-state index in [0.29, 0.717) is 22.8 Å². The summed E-state index contributed by atoms with van der Waals surface area (Å²) >= 11 is 0. The number of carbonyl (C=O) groups is 1. The number of phenols is 1. The van der Waals surface area contributed by atoms with Gasteiger partial charge in [-0.25, -0.2) is 0 Å². The van der Waals surface area contributed by atoms with Crippen LogP contribution < -0.4 is 20.3 Å². The predicted molar refractivity (Wildman–Crippen MR) is 102 cm³/mol. The summed E-state index contributed by atoms with van der Waals surface area (Å²) < 4.78 is 11.5. The van der Waals surface area contributed by atoms with Crippen molar-refractivity contribution in [3.05, 3.63) is 72.8 Å². The van der Waals surface area contributed by atoms with Crippen LogP contribution in [0.3, 0.4) is 0 Å². The lowest BCUT2D eigenvalue weighted by Crippen LogP contribution is -2.48. The van der Waals surface area contributed by atoms with Crippen molar-refractivity contribution < 1.29 is 19.4 Å². The zero-order valence-electron chi connectivity index (χ0n) is 14.4. The third-order valence-electron chi connectivity index (χ3n) is 4.33. The summed E-state index contributed by atoms with van der Waals surface area (Å²) in [5.74, 6) is 0.816. The molecule has 136 valence electrons. The van der Waals surface area contributed by atoms with E-state index in [1.54, 1.807) is 24.3 Å². The maximum atomic E-state index is 12.4. The predicted octanol–water partition coefficient (Wildman–Crippen LogP) is 2.98. The van der Waals surface area contributed by atoms with E-state index in [0.717, 1.165) is 10.8 Å². The first-order valence-corrected chi connectivity index (χ1v) is 8.47. The van der Waals surface area contributed by atoms with Crippen molar-refractivity contribution in [3.8, 4) is 17.2 Å². The fourth-order valence-electron chi connectivity index (χ4n) is 2.90. The Bertz CT molecular complexity index is 1030. The number of aromatic hydroxyl groups is 1. The first-order chi connectivity index (χ1) is 13.1. The van der Waals surface area contributed by atoms with Crippen LogP contribution in [0.5, 0.6) is 17.2 Å². The lowest BCUT2D eigenvalue weighted by molar-refractivity contribution is -0.131. The van der Waals surface area contributed by atoms with E-state index in [1.807, 2.05) is 36.4 Å². The molecule has 0 saturated heterocycles. The topological polar surface area (TPSA) is 79.8 Å². The Morgan fingerprint density at radius 2 is 1.67 bits per heavy atom. The second-order valence-corrected chi connectivity index (χ2v) is 6.17. The van der Waals surface area contributed by atoms with Gasteiger partial charge in [-0.05, 0) is 35.0 Å². The molecule has 0 fully saturated rings. The zero-order chi connectivity index (χ0) is 18.8. The minimum Gasteiger partial charge on any atom is -0.507 e. The van der Waals surface area contributed by atoms with Crippen molar-refractivity contribution in [2.75, 3.05) is 6.61 Å². The number of hydrazine groups is 1. The van der Waals surface area contributed by atoms with Crippen LogP contribution in [0.2, 0.25) is 0 Å². The number of para-hydroxylation sites is 1. The number of hydrogen-bond donors (Lipinski definition) is 3. The Hall–Kier alpha value is -3.67. The Kier molecular flexibility index (Phi) is 4.30. The Morgan fingerprint density at radius 3 is 2.41 bits per heavy atom. The van der Waals surface area contributed by atoms with Gasteiger partial charge in [0.25, 0.3) is 5.91 Å². The average Bonchev–Trinajstić information content (AvgIpc) is 2.70. The molecular formula is C21H18N2O4. The molecule has 1 amide bonds. The summed E-state index contributed by atoms with van der Waals surface area (Å²) in [6, 6.07) is 18.3. The molecule has 0 spiro atoms. The molecule has 27 heavy (non-hydrogen) atoms. The van der Waals surface area contributed by atoms with E-state index in [1.165, 1.54) is 0 Å². The number of hydrogen-bond acceptors (Lipinski definition) is 5. The third kappa shape index (κ3) is 3.37. The van der Waals surface area contributed by atoms with E-state index in [-0.39, 0.29) is 12.4 Å². The molecule has 0 aliphatic carbocycles. The Labute approximate surface area is 156 Å². The second kappa shape index (κ2) is 6.92. The van der Waals surface area contributed by atoms with Crippen molar-refractivity contribution in [2.24, 2.45) is 0 Å². The van der Waals surface area contributed by atoms with Gasteiger partial charge in [0, 0.05) is 5.56 Å². The van der Waals surface area contributed by atoms with Crippen molar-refractivity contribution >= 4 is 22.4 Å². The summed E-state index contributed by atoms with van der Waals surface area (Å²) in [6.45, 7) is 3.91. The zero-order valence-corrected chi connectivity index (χ0v) is 14.4. The molecule has 4 rings (SSSR count). The number of benzene rings is 3. The number of rotatable bonds is 4. The second-order valence-electron chi connectivity index (χ2n) is 6.17. The number of ether oxygens (including phenoxy) is 2. The van der Waals surface area contributed by atoms with E-state index in [4.69, 9.17) is 9.47 Å². The van der Waals surface area contributed by atoms with Crippen LogP contribution in [0.25, 0.3) is 16.5 Å². The first kappa shape index (κ1) is 16.8. The fraction of sp³-hybridized carbons (Fsp3) is 0.0952. The van der Waals surface area contributed by atoms with Gasteiger partial charge in [-0.2, -0.15) is 0 Å². The molecule has 0 unspecified atom stereocenters. The van der Waals surface area contributed by atoms with Gasteiger partial charge in [0.1, 0.15) is 12.4 Å². The van der Waals surface area contributed by atoms with Gasteiger partial charge in [0.05, 0.1) is 5.70 Å². The molecule has 1 aliphatic heterocycles. The minimum atomic E-state index is -0.802. The molecule has 1 heterocycles. The maximum Gasteiger partial charge on any atom is 0.282 e. The number of nitrogens with one attached hydrogen (secondary N) is 2. The lowest BCUT2D eigenvalue weighted by Gasteiger charge is -2.26. The van der Waals surface area contributed by atoms with Crippen LogP contribution in [-0.2, 0) is 4.79 Å². The molecule has 6 nitrogen and oxygen atoms in total. The average molecular weight is 362 g/mol. The smallest absolute Gasteiger partial charge is 0.282 e. The van der Waals surface area contributed by atoms with E-state index in [2.05, 4.69) is 17.4 Å². The normalized spacial score (nSPS) is 15.2. The summed E-state index contributed by atoms with van der Waals surface area (Å²) in [5.41, 5.74) is 6.10. The van der Waals surface area contributed by atoms with Crippen LogP contribution in [-0.4, -0.2) is 23.7 Å². The Morgan fingerprint density at radius 1 is 1.00 bits per heavy atom. The van der Waals surface area contributed by atoms with Gasteiger partial charge in [0.2, 0.25) is 6.10 Å². The molecule has 0 aromatic heterocycles. The maximum absolute atomic E-state index is 12.4. The van der Waals surface area contributed by atoms with Crippen LogP contribution in [0.1, 0.15) is 5.56 Å². The van der Waals surface area contributed by atoms with Gasteiger partial charge in [-0.1, -0.05) is 43.0 Å². The summed E-state index contributed by atoms with van der Waals surface area (Å²) in [5, 5.41) is 11.9. The molecule has 0 bridgehead atoms. The SMILES string of the molecule is C=C(NNC(=O)[C@@H]1COc2cc3ccccc3cc2O1)c1ccccc1O. The summed E-state index contributed by atoms with van der Waals surface area (Å²) in [6.07, 6.45) is -0.802. The number of carbonyl (C=O) groups excluding carboxylic acids is 1. The monoisotopic (exact) mass is 362 g/mol. The van der Waals surface area contributed by atoms with Crippen LogP contribution >= 0.6 is 0 Å². The van der Waals surface area contributed by atoms with Crippen molar-refractivity contribution in [1.82, 2.24) is 10.9 Å². The van der Waals surface area contributed by atoms with Gasteiger partial charge < -0.3 is 14.6 Å². The molecule has 0 radical (unpaired) electrons. The molecular weight excluding hydrogens is 344 g/mol. The van der Waals surface area contributed by atoms with Crippen molar-refractivity contribution in [2.45, 2.75) is 6.10 Å². The minimum absolute atomic E-state index is 0.0716. The molecule has 1 atom stereocenters. The summed E-state index contributed by atoms with van der Waals surface area (Å²) in [4.78, 5) is 12.4. The fourth-order valence-corrected chi connectivity index (χ4v) is 2.90. The molecule has 0 saturated carbocycles. The molecule has 3 aromatic carbocycles. The van der Waals surface area contributed by atoms with Gasteiger partial charge in [0.15, 0.2) is 11.5 Å². The highest BCUT2D eigenvalue weighted by Crippen LogP contribution is 2.35. The molecule has 3 aromatic rings. The van der Waals surface area contributed by atoms with Crippen LogP contribution in [0.4, 0.5) is 0 Å². The summed E-state index contributed by atoms with van der Waals surface area (Å²) in [7, 11) is 0. The highest BCUT2D eigenvalue weighted by molar-refractivity contribution is 5.87. The van der Waals surface area contributed by atoms with E-state index < -0.39 is 12.0 Å². The lowest BCUT2D eigenvalue weighted by atomic mass is 10.1. The first-order valence-electron chi connectivity index (χ1n) is 8.47. The molecule has 3 N–H and O–H groups in total. The van der Waals surface area contributed by atoms with Gasteiger partial charge in [-0.15, -0.1) is 0 Å². The van der Waals surface area contributed by atoms with Crippen molar-refractivity contribution in [3.63, 3.8) is 0 Å². The molecule has 6 heteroatoms. The number of fused-ring (bicyclic) bond motifs is 2. The standard InChI is InChI=1S/C21H18N2O4/c1-13(16-8-4-5-9-17(16)24)22-23-21(25)20-12-26-18-10-14-6-2-3-7-15(14)11-19(18)27-20/h2-11,20,22,24H,1,12H2,(H,23,25)/t20-/m0/s1. The highest BCUT2D eigenvalue weighted by atomic mass is 16.6. The van der Waals surface area contributed by atoms with Crippen molar-refractivity contribution in [1.29, 1.82) is 0 Å². The van der Waals surface area contributed by atoms with Crippen LogP contribution in [0.15, 0.2) is 67.2 Å². The van der Waals surface area contributed by atoms with E-state index in [9.17, 15) is 9.90 Å². The third-order valence-corrected chi connectivity index (χ3v) is 4.33. The van der Waals surface area contributed by atoms with E-state index >= 15 is 0 Å². The van der Waals surface area contributed by atoms with Crippen LogP contribution in [0, 0.1) is 0 Å². The largest absolute Gasteiger partial charge is 0.507 e. The highest BCUT2D eigenvalue weighted by Gasteiger charge is 2.28. The number of phenolic OH excluding ortho intramolecular Hbond substituents is 1. The van der Waals surface area contributed by atoms with Gasteiger partial charge >= 0.3 is 0 Å². The number of amides is 1. The quantitative estimate of drug-likeness (QED) is 0.622. The molecule has 1 aliphatic rings. The Balaban J connectivity index is 1.43. The van der Waals surface area contributed by atoms with Gasteiger partial charge in [-0.3, -0.25) is 15.6 Å².